The van der Waals surface area contributed by atoms with Crippen molar-refractivity contribution in [3.05, 3.63) is 23.8 Å². The third-order valence-corrected chi connectivity index (χ3v) is 3.36. The lowest BCUT2D eigenvalue weighted by molar-refractivity contribution is 0.116. The molecule has 0 spiro atoms. The zero-order valence-electron chi connectivity index (χ0n) is 13.6. The predicted molar refractivity (Wildman–Crippen MR) is 85.7 cm³/mol. The van der Waals surface area contributed by atoms with E-state index in [-0.39, 0.29) is 11.1 Å². The standard InChI is InChI=1S/C17H28N2O/c1-12(19-16(2,3)4)9-13-7-8-15-14(10-13)18-11-17(5,6)20-15/h7-8,10,12,18-19H,9,11H2,1-6H3. The van der Waals surface area contributed by atoms with Crippen molar-refractivity contribution in [3.8, 4) is 5.75 Å². The van der Waals surface area contributed by atoms with Crippen molar-refractivity contribution in [3.63, 3.8) is 0 Å². The summed E-state index contributed by atoms with van der Waals surface area (Å²) in [6, 6.07) is 6.92. The lowest BCUT2D eigenvalue weighted by Gasteiger charge is -2.34. The first-order valence-corrected chi connectivity index (χ1v) is 7.48. The predicted octanol–water partition coefficient (Wildman–Crippen LogP) is 3.59. The molecule has 3 heteroatoms. The van der Waals surface area contributed by atoms with Crippen molar-refractivity contribution in [1.29, 1.82) is 0 Å². The second-order valence-corrected chi connectivity index (χ2v) is 7.55. The van der Waals surface area contributed by atoms with Crippen molar-refractivity contribution >= 4 is 5.69 Å². The van der Waals surface area contributed by atoms with Crippen LogP contribution in [0.3, 0.4) is 0 Å². The summed E-state index contributed by atoms with van der Waals surface area (Å²) in [6.07, 6.45) is 1.02. The summed E-state index contributed by atoms with van der Waals surface area (Å²) >= 11 is 0. The summed E-state index contributed by atoms with van der Waals surface area (Å²) in [7, 11) is 0. The molecule has 2 N–H and O–H groups in total. The first-order chi connectivity index (χ1) is 9.15. The minimum atomic E-state index is -0.129. The maximum Gasteiger partial charge on any atom is 0.143 e. The van der Waals surface area contributed by atoms with Gasteiger partial charge >= 0.3 is 0 Å². The smallest absolute Gasteiger partial charge is 0.143 e. The molecule has 1 atom stereocenters. The molecular weight excluding hydrogens is 248 g/mol. The Morgan fingerprint density at radius 1 is 1.35 bits per heavy atom. The Kier molecular flexibility index (Phi) is 4.01. The van der Waals surface area contributed by atoms with Crippen LogP contribution >= 0.6 is 0 Å². The number of ether oxygens (including phenoxy) is 1. The number of hydrogen-bond acceptors (Lipinski definition) is 3. The van der Waals surface area contributed by atoms with E-state index in [9.17, 15) is 0 Å². The third kappa shape index (κ3) is 4.14. The van der Waals surface area contributed by atoms with Crippen LogP contribution in [-0.2, 0) is 6.42 Å². The van der Waals surface area contributed by atoms with Gasteiger partial charge in [0.1, 0.15) is 11.4 Å². The number of anilines is 1. The molecule has 1 aromatic rings. The second kappa shape index (κ2) is 5.28. The van der Waals surface area contributed by atoms with E-state index in [1.54, 1.807) is 0 Å². The molecule has 1 unspecified atom stereocenters. The van der Waals surface area contributed by atoms with Crippen LogP contribution in [0.2, 0.25) is 0 Å². The molecule has 1 aliphatic rings. The Balaban J connectivity index is 2.05. The Morgan fingerprint density at radius 2 is 2.05 bits per heavy atom. The first-order valence-electron chi connectivity index (χ1n) is 7.48. The van der Waals surface area contributed by atoms with Crippen molar-refractivity contribution in [1.82, 2.24) is 5.32 Å². The lowest BCUT2D eigenvalue weighted by atomic mass is 10.0. The highest BCUT2D eigenvalue weighted by Crippen LogP contribution is 2.33. The van der Waals surface area contributed by atoms with Crippen LogP contribution in [0.1, 0.15) is 47.1 Å². The van der Waals surface area contributed by atoms with Crippen LogP contribution in [-0.4, -0.2) is 23.7 Å². The van der Waals surface area contributed by atoms with Gasteiger partial charge < -0.3 is 15.4 Å². The van der Waals surface area contributed by atoms with Crippen LogP contribution in [0.25, 0.3) is 0 Å². The minimum absolute atomic E-state index is 0.129. The van der Waals surface area contributed by atoms with Gasteiger partial charge in [0.15, 0.2) is 0 Å². The summed E-state index contributed by atoms with van der Waals surface area (Å²) < 4.78 is 5.98. The highest BCUT2D eigenvalue weighted by Gasteiger charge is 2.26. The van der Waals surface area contributed by atoms with Gasteiger partial charge in [0, 0.05) is 11.6 Å². The Morgan fingerprint density at radius 3 is 2.70 bits per heavy atom. The summed E-state index contributed by atoms with van der Waals surface area (Å²) in [5, 5.41) is 7.08. The molecule has 0 amide bonds. The van der Waals surface area contributed by atoms with Gasteiger partial charge in [-0.25, -0.2) is 0 Å². The second-order valence-electron chi connectivity index (χ2n) is 7.55. The van der Waals surface area contributed by atoms with E-state index < -0.39 is 0 Å². The van der Waals surface area contributed by atoms with E-state index in [2.05, 4.69) is 70.4 Å². The molecule has 3 nitrogen and oxygen atoms in total. The molecule has 20 heavy (non-hydrogen) atoms. The van der Waals surface area contributed by atoms with E-state index in [4.69, 9.17) is 4.74 Å². The van der Waals surface area contributed by atoms with Crippen molar-refractivity contribution in [2.75, 3.05) is 11.9 Å². The number of rotatable bonds is 3. The highest BCUT2D eigenvalue weighted by molar-refractivity contribution is 5.60. The van der Waals surface area contributed by atoms with Gasteiger partial charge in [-0.3, -0.25) is 0 Å². The average Bonchev–Trinajstić information content (AvgIpc) is 2.26. The molecule has 0 bridgehead atoms. The van der Waals surface area contributed by atoms with Gasteiger partial charge in [-0.05, 0) is 65.7 Å². The highest BCUT2D eigenvalue weighted by atomic mass is 16.5. The van der Waals surface area contributed by atoms with Gasteiger partial charge in [-0.15, -0.1) is 0 Å². The fraction of sp³-hybridized carbons (Fsp3) is 0.647. The van der Waals surface area contributed by atoms with Crippen LogP contribution in [0.15, 0.2) is 18.2 Å². The van der Waals surface area contributed by atoms with Gasteiger partial charge in [-0.2, -0.15) is 0 Å². The summed E-state index contributed by atoms with van der Waals surface area (Å²) in [4.78, 5) is 0. The van der Waals surface area contributed by atoms with Gasteiger partial charge in [-0.1, -0.05) is 6.07 Å². The molecule has 0 radical (unpaired) electrons. The van der Waals surface area contributed by atoms with Gasteiger partial charge in [0.25, 0.3) is 0 Å². The van der Waals surface area contributed by atoms with Crippen LogP contribution in [0.5, 0.6) is 5.75 Å². The Hall–Kier alpha value is -1.22. The molecule has 112 valence electrons. The van der Waals surface area contributed by atoms with Crippen molar-refractivity contribution < 1.29 is 4.74 Å². The molecular formula is C17H28N2O. The van der Waals surface area contributed by atoms with E-state index in [1.807, 2.05) is 0 Å². The fourth-order valence-electron chi connectivity index (χ4n) is 2.72. The number of nitrogens with one attached hydrogen (secondary N) is 2. The maximum absolute atomic E-state index is 5.98. The number of benzene rings is 1. The van der Waals surface area contributed by atoms with Gasteiger partial charge in [0.05, 0.1) is 12.2 Å². The van der Waals surface area contributed by atoms with Crippen LogP contribution < -0.4 is 15.4 Å². The molecule has 0 fully saturated rings. The third-order valence-electron chi connectivity index (χ3n) is 3.36. The van der Waals surface area contributed by atoms with E-state index in [0.717, 1.165) is 24.4 Å². The van der Waals surface area contributed by atoms with Crippen LogP contribution in [0, 0.1) is 0 Å². The number of hydrogen-bond donors (Lipinski definition) is 2. The zero-order valence-corrected chi connectivity index (χ0v) is 13.6. The van der Waals surface area contributed by atoms with E-state index in [0.29, 0.717) is 6.04 Å². The molecule has 0 saturated heterocycles. The first kappa shape index (κ1) is 15.2. The SMILES string of the molecule is CC(Cc1ccc2c(c1)NCC(C)(C)O2)NC(C)(C)C. The summed E-state index contributed by atoms with van der Waals surface area (Å²) in [6.45, 7) is 13.9. The summed E-state index contributed by atoms with van der Waals surface area (Å²) in [5.41, 5.74) is 2.47. The topological polar surface area (TPSA) is 33.3 Å². The van der Waals surface area contributed by atoms with E-state index >= 15 is 0 Å². The Labute approximate surface area is 123 Å². The molecule has 1 aromatic carbocycles. The van der Waals surface area contributed by atoms with E-state index in [1.165, 1.54) is 5.56 Å². The largest absolute Gasteiger partial charge is 0.484 e. The monoisotopic (exact) mass is 276 g/mol. The molecule has 0 aliphatic carbocycles. The quantitative estimate of drug-likeness (QED) is 0.885. The molecule has 0 aromatic heterocycles. The zero-order chi connectivity index (χ0) is 15.0. The molecule has 0 saturated carbocycles. The van der Waals surface area contributed by atoms with Crippen molar-refractivity contribution in [2.45, 2.75) is 65.1 Å². The Bertz CT molecular complexity index is 474. The summed E-state index contributed by atoms with van der Waals surface area (Å²) in [5.74, 6) is 0.960. The normalized spacial score (nSPS) is 18.7. The number of fused-ring (bicyclic) bond motifs is 1. The van der Waals surface area contributed by atoms with Crippen LogP contribution in [0.4, 0.5) is 5.69 Å². The fourth-order valence-corrected chi connectivity index (χ4v) is 2.72. The molecule has 1 aliphatic heterocycles. The van der Waals surface area contributed by atoms with Crippen molar-refractivity contribution in [2.24, 2.45) is 0 Å². The average molecular weight is 276 g/mol. The molecule has 1 heterocycles. The minimum Gasteiger partial charge on any atom is -0.484 e. The van der Waals surface area contributed by atoms with Gasteiger partial charge in [0.2, 0.25) is 0 Å². The maximum atomic E-state index is 5.98. The lowest BCUT2D eigenvalue weighted by Crippen LogP contribution is -2.43. The molecule has 2 rings (SSSR count).